The van der Waals surface area contributed by atoms with Gasteiger partial charge in [-0.25, -0.2) is 9.97 Å². The summed E-state index contributed by atoms with van der Waals surface area (Å²) in [5.74, 6) is 0.410. The summed E-state index contributed by atoms with van der Waals surface area (Å²) in [6.45, 7) is 6.51. The van der Waals surface area contributed by atoms with Gasteiger partial charge in [-0.1, -0.05) is 19.1 Å². The van der Waals surface area contributed by atoms with Crippen LogP contribution in [0.5, 0.6) is 0 Å². The largest absolute Gasteiger partial charge is 0.352 e. The molecule has 0 spiro atoms. The van der Waals surface area contributed by atoms with Crippen LogP contribution < -0.4 is 10.6 Å². The normalized spacial score (nSPS) is 10.2. The zero-order valence-electron chi connectivity index (χ0n) is 12.6. The summed E-state index contributed by atoms with van der Waals surface area (Å²) in [5.41, 5.74) is 3.07. The first-order chi connectivity index (χ1) is 10.1. The zero-order chi connectivity index (χ0) is 15.2. The highest BCUT2D eigenvalue weighted by atomic mass is 16.1. The molecule has 21 heavy (non-hydrogen) atoms. The van der Waals surface area contributed by atoms with E-state index in [1.54, 1.807) is 6.07 Å². The second kappa shape index (κ2) is 6.83. The molecule has 0 aliphatic heterocycles. The van der Waals surface area contributed by atoms with E-state index in [1.807, 2.05) is 45.0 Å². The quantitative estimate of drug-likeness (QED) is 0.885. The second-order valence-corrected chi connectivity index (χ2v) is 4.90. The Morgan fingerprint density at radius 1 is 1.14 bits per heavy atom. The van der Waals surface area contributed by atoms with E-state index in [0.29, 0.717) is 23.7 Å². The van der Waals surface area contributed by atoms with Crippen LogP contribution in [-0.2, 0) is 0 Å². The van der Waals surface area contributed by atoms with Gasteiger partial charge in [-0.05, 0) is 38.5 Å². The molecular formula is C16H20N4O. The highest BCUT2D eigenvalue weighted by molar-refractivity contribution is 6.00. The number of aryl methyl sites for hydroxylation is 2. The molecule has 0 saturated heterocycles. The molecule has 0 saturated carbocycles. The Balaban J connectivity index is 2.25. The van der Waals surface area contributed by atoms with Crippen molar-refractivity contribution in [2.75, 3.05) is 11.9 Å². The average molecular weight is 284 g/mol. The molecule has 0 radical (unpaired) electrons. The monoisotopic (exact) mass is 284 g/mol. The van der Waals surface area contributed by atoms with E-state index in [2.05, 4.69) is 20.6 Å². The van der Waals surface area contributed by atoms with Gasteiger partial charge in [0, 0.05) is 17.9 Å². The van der Waals surface area contributed by atoms with Crippen LogP contribution in [0.2, 0.25) is 0 Å². The smallest absolute Gasteiger partial charge is 0.253 e. The summed E-state index contributed by atoms with van der Waals surface area (Å²) in [7, 11) is 0. The van der Waals surface area contributed by atoms with Crippen molar-refractivity contribution in [3.63, 3.8) is 0 Å². The SMILES string of the molecule is CCCNC(=O)c1ccccc1Nc1nc(C)cc(C)n1. The van der Waals surface area contributed by atoms with E-state index >= 15 is 0 Å². The Hall–Kier alpha value is -2.43. The third kappa shape index (κ3) is 4.02. The Bertz CT molecular complexity index is 620. The molecule has 110 valence electrons. The van der Waals surface area contributed by atoms with Crippen LogP contribution in [0.1, 0.15) is 35.1 Å². The number of amides is 1. The topological polar surface area (TPSA) is 66.9 Å². The van der Waals surface area contributed by atoms with Gasteiger partial charge < -0.3 is 10.6 Å². The highest BCUT2D eigenvalue weighted by Crippen LogP contribution is 2.19. The fourth-order valence-electron chi connectivity index (χ4n) is 2.03. The van der Waals surface area contributed by atoms with Gasteiger partial charge in [0.05, 0.1) is 11.3 Å². The molecule has 5 nitrogen and oxygen atoms in total. The summed E-state index contributed by atoms with van der Waals surface area (Å²) in [4.78, 5) is 20.8. The van der Waals surface area contributed by atoms with Crippen molar-refractivity contribution in [1.29, 1.82) is 0 Å². The molecular weight excluding hydrogens is 264 g/mol. The molecule has 2 N–H and O–H groups in total. The molecule has 2 rings (SSSR count). The summed E-state index contributed by atoms with van der Waals surface area (Å²) in [6, 6.07) is 9.26. The molecule has 0 unspecified atom stereocenters. The number of para-hydroxylation sites is 1. The second-order valence-electron chi connectivity index (χ2n) is 4.90. The van der Waals surface area contributed by atoms with Crippen LogP contribution in [-0.4, -0.2) is 22.4 Å². The Kier molecular flexibility index (Phi) is 4.87. The maximum atomic E-state index is 12.2. The van der Waals surface area contributed by atoms with Crippen LogP contribution in [0.15, 0.2) is 30.3 Å². The molecule has 2 aromatic rings. The highest BCUT2D eigenvalue weighted by Gasteiger charge is 2.11. The van der Waals surface area contributed by atoms with Gasteiger partial charge in [-0.15, -0.1) is 0 Å². The molecule has 5 heteroatoms. The Labute approximate surface area is 124 Å². The molecule has 0 atom stereocenters. The molecule has 0 aliphatic carbocycles. The first-order valence-electron chi connectivity index (χ1n) is 7.06. The number of hydrogen-bond donors (Lipinski definition) is 2. The van der Waals surface area contributed by atoms with Gasteiger partial charge in [0.15, 0.2) is 0 Å². The van der Waals surface area contributed by atoms with Crippen LogP contribution in [0.4, 0.5) is 11.6 Å². The number of carbonyl (C=O) groups is 1. The third-order valence-electron chi connectivity index (χ3n) is 2.94. The minimum Gasteiger partial charge on any atom is -0.352 e. The lowest BCUT2D eigenvalue weighted by atomic mass is 10.1. The molecule has 1 heterocycles. The predicted octanol–water partition coefficient (Wildman–Crippen LogP) is 2.98. The lowest BCUT2D eigenvalue weighted by Crippen LogP contribution is -2.24. The fraction of sp³-hybridized carbons (Fsp3) is 0.312. The van der Waals surface area contributed by atoms with Crippen molar-refractivity contribution >= 4 is 17.5 Å². The minimum atomic E-state index is -0.0932. The van der Waals surface area contributed by atoms with Gasteiger partial charge in [0.2, 0.25) is 5.95 Å². The fourth-order valence-corrected chi connectivity index (χ4v) is 2.03. The number of benzene rings is 1. The molecule has 1 amide bonds. The number of nitrogens with one attached hydrogen (secondary N) is 2. The Morgan fingerprint density at radius 2 is 1.81 bits per heavy atom. The van der Waals surface area contributed by atoms with E-state index in [0.717, 1.165) is 17.8 Å². The van der Waals surface area contributed by atoms with E-state index in [9.17, 15) is 4.79 Å². The number of carbonyl (C=O) groups excluding carboxylic acids is 1. The van der Waals surface area contributed by atoms with E-state index in [-0.39, 0.29) is 5.91 Å². The van der Waals surface area contributed by atoms with Gasteiger partial charge in [0.1, 0.15) is 0 Å². The van der Waals surface area contributed by atoms with E-state index in [1.165, 1.54) is 0 Å². The van der Waals surface area contributed by atoms with Crippen molar-refractivity contribution < 1.29 is 4.79 Å². The third-order valence-corrected chi connectivity index (χ3v) is 2.94. The number of nitrogens with zero attached hydrogens (tertiary/aromatic N) is 2. The first-order valence-corrected chi connectivity index (χ1v) is 7.06. The van der Waals surface area contributed by atoms with E-state index in [4.69, 9.17) is 0 Å². The first kappa shape index (κ1) is 15.0. The van der Waals surface area contributed by atoms with E-state index < -0.39 is 0 Å². The van der Waals surface area contributed by atoms with Crippen LogP contribution in [0.3, 0.4) is 0 Å². The summed E-state index contributed by atoms with van der Waals surface area (Å²) < 4.78 is 0. The maximum Gasteiger partial charge on any atom is 0.253 e. The van der Waals surface area contributed by atoms with Crippen molar-refractivity contribution in [1.82, 2.24) is 15.3 Å². The predicted molar refractivity (Wildman–Crippen MR) is 83.9 cm³/mol. The van der Waals surface area contributed by atoms with Crippen molar-refractivity contribution in [2.45, 2.75) is 27.2 Å². The number of rotatable bonds is 5. The molecule has 0 bridgehead atoms. The Morgan fingerprint density at radius 3 is 2.48 bits per heavy atom. The standard InChI is InChI=1S/C16H20N4O/c1-4-9-17-15(21)13-7-5-6-8-14(13)20-16-18-11(2)10-12(3)19-16/h5-8,10H,4,9H2,1-3H3,(H,17,21)(H,18,19,20). The van der Waals surface area contributed by atoms with Crippen LogP contribution in [0.25, 0.3) is 0 Å². The summed E-state index contributed by atoms with van der Waals surface area (Å²) in [5, 5.41) is 6.01. The number of aromatic nitrogens is 2. The summed E-state index contributed by atoms with van der Waals surface area (Å²) in [6.07, 6.45) is 0.904. The lowest BCUT2D eigenvalue weighted by molar-refractivity contribution is 0.0954. The molecule has 1 aromatic heterocycles. The van der Waals surface area contributed by atoms with Crippen LogP contribution >= 0.6 is 0 Å². The van der Waals surface area contributed by atoms with Gasteiger partial charge in [-0.3, -0.25) is 4.79 Å². The van der Waals surface area contributed by atoms with Crippen molar-refractivity contribution in [3.8, 4) is 0 Å². The molecule has 1 aromatic carbocycles. The molecule has 0 fully saturated rings. The average Bonchev–Trinajstić information content (AvgIpc) is 2.44. The lowest BCUT2D eigenvalue weighted by Gasteiger charge is -2.11. The van der Waals surface area contributed by atoms with Crippen LogP contribution in [0, 0.1) is 13.8 Å². The van der Waals surface area contributed by atoms with Gasteiger partial charge in [-0.2, -0.15) is 0 Å². The summed E-state index contributed by atoms with van der Waals surface area (Å²) >= 11 is 0. The zero-order valence-corrected chi connectivity index (χ0v) is 12.6. The number of anilines is 2. The van der Waals surface area contributed by atoms with Gasteiger partial charge >= 0.3 is 0 Å². The van der Waals surface area contributed by atoms with Gasteiger partial charge in [0.25, 0.3) is 5.91 Å². The number of hydrogen-bond acceptors (Lipinski definition) is 4. The van der Waals surface area contributed by atoms with Crippen molar-refractivity contribution in [3.05, 3.63) is 47.3 Å². The van der Waals surface area contributed by atoms with Crippen molar-refractivity contribution in [2.24, 2.45) is 0 Å². The molecule has 0 aliphatic rings. The maximum absolute atomic E-state index is 12.2. The minimum absolute atomic E-state index is 0.0932.